The number of hydrogen-bond donors (Lipinski definition) is 0. The van der Waals surface area contributed by atoms with Crippen LogP contribution in [0.3, 0.4) is 0 Å². The summed E-state index contributed by atoms with van der Waals surface area (Å²) in [6, 6.07) is 0. The molecule has 2 aliphatic rings. The molecule has 94 valence electrons. The molecule has 0 aromatic heterocycles. The van der Waals surface area contributed by atoms with Crippen molar-refractivity contribution in [3.63, 3.8) is 0 Å². The number of allylic oxidation sites excluding steroid dienone is 2. The van der Waals surface area contributed by atoms with Crippen LogP contribution in [-0.2, 0) is 9.53 Å². The van der Waals surface area contributed by atoms with Crippen LogP contribution in [-0.4, -0.2) is 21.5 Å². The molecule has 0 bridgehead atoms. The summed E-state index contributed by atoms with van der Waals surface area (Å²) in [6.45, 7) is 0. The van der Waals surface area contributed by atoms with Crippen molar-refractivity contribution in [3.8, 4) is 0 Å². The van der Waals surface area contributed by atoms with Gasteiger partial charge < -0.3 is 0 Å². The van der Waals surface area contributed by atoms with Gasteiger partial charge in [-0.25, -0.2) is 0 Å². The minimum atomic E-state index is -4.70. The number of ether oxygens (including phenoxy) is 1. The summed E-state index contributed by atoms with van der Waals surface area (Å²) in [5.41, 5.74) is 0.357. The average molecular weight is 376 g/mol. The molecular weight excluding hydrogens is 369 g/mol. The number of Topliss-reactive ketones (excluding diaryl/α,β-unsaturated/α-hetero) is 1. The fraction of sp³-hybridized carbons (Fsp3) is 0.500. The maximum absolute atomic E-state index is 12.2. The highest BCUT2D eigenvalue weighted by Crippen LogP contribution is 2.49. The zero-order valence-electron chi connectivity index (χ0n) is 8.30. The van der Waals surface area contributed by atoms with Crippen LogP contribution < -0.4 is 0 Å². The van der Waals surface area contributed by atoms with Gasteiger partial charge in [-0.05, 0) is 6.42 Å². The van der Waals surface area contributed by atoms with Crippen molar-refractivity contribution in [1.29, 1.82) is 0 Å². The van der Waals surface area contributed by atoms with Crippen molar-refractivity contribution in [2.45, 2.75) is 22.1 Å². The molecule has 2 nitrogen and oxygen atoms in total. The molecule has 2 unspecified atom stereocenters. The molecule has 17 heavy (non-hydrogen) atoms. The maximum Gasteiger partial charge on any atom is 0.523 e. The third-order valence-electron chi connectivity index (χ3n) is 2.71. The van der Waals surface area contributed by atoms with E-state index in [-0.39, 0.29) is 12.2 Å². The highest BCUT2D eigenvalue weighted by atomic mass is 79.9. The van der Waals surface area contributed by atoms with E-state index in [2.05, 4.69) is 36.6 Å². The van der Waals surface area contributed by atoms with Gasteiger partial charge in [-0.2, -0.15) is 0 Å². The van der Waals surface area contributed by atoms with Crippen LogP contribution in [0.1, 0.15) is 6.42 Å². The van der Waals surface area contributed by atoms with Crippen molar-refractivity contribution >= 4 is 37.6 Å². The van der Waals surface area contributed by atoms with E-state index < -0.39 is 21.6 Å². The van der Waals surface area contributed by atoms with Gasteiger partial charge in [0.25, 0.3) is 0 Å². The first kappa shape index (κ1) is 13.3. The van der Waals surface area contributed by atoms with Gasteiger partial charge >= 0.3 is 6.36 Å². The van der Waals surface area contributed by atoms with Crippen molar-refractivity contribution < 1.29 is 22.7 Å². The number of carbonyl (C=O) groups excluding carboxylic acids is 1. The molecule has 0 amide bonds. The summed E-state index contributed by atoms with van der Waals surface area (Å²) in [7, 11) is 0. The topological polar surface area (TPSA) is 26.3 Å². The molecule has 0 heterocycles. The first-order chi connectivity index (χ1) is 7.71. The Balaban J connectivity index is 2.23. The van der Waals surface area contributed by atoms with Gasteiger partial charge in [-0.3, -0.25) is 9.53 Å². The Morgan fingerprint density at radius 1 is 1.41 bits per heavy atom. The van der Waals surface area contributed by atoms with Crippen LogP contribution in [0, 0.1) is 5.92 Å². The van der Waals surface area contributed by atoms with Crippen LogP contribution in [0.15, 0.2) is 23.8 Å². The quantitative estimate of drug-likeness (QED) is 0.656. The Hall–Kier alpha value is -0.140. The fourth-order valence-electron chi connectivity index (χ4n) is 2.03. The summed E-state index contributed by atoms with van der Waals surface area (Å²) in [5.74, 6) is -0.824. The van der Waals surface area contributed by atoms with Gasteiger partial charge in [-0.15, -0.1) is 13.2 Å². The van der Waals surface area contributed by atoms with E-state index in [1.165, 1.54) is 18.2 Å². The Morgan fingerprint density at radius 3 is 2.65 bits per heavy atom. The number of carbonyl (C=O) groups is 1. The highest BCUT2D eigenvalue weighted by Gasteiger charge is 2.51. The molecule has 0 aromatic rings. The van der Waals surface area contributed by atoms with Gasteiger partial charge in [0.2, 0.25) is 0 Å². The van der Waals surface area contributed by atoms with Gasteiger partial charge in [-0.1, -0.05) is 50.1 Å². The van der Waals surface area contributed by atoms with Gasteiger partial charge in [0.05, 0.1) is 6.10 Å². The minimum Gasteiger partial charge on any atom is -0.292 e. The van der Waals surface area contributed by atoms with E-state index in [1.807, 2.05) is 0 Å². The monoisotopic (exact) mass is 374 g/mol. The van der Waals surface area contributed by atoms with Gasteiger partial charge in [0.15, 0.2) is 5.78 Å². The molecular formula is C10H7Br2F3O2. The number of alkyl halides is 5. The lowest BCUT2D eigenvalue weighted by molar-refractivity contribution is -0.340. The number of rotatable bonds is 1. The number of fused-ring (bicyclic) bond motifs is 1. The summed E-state index contributed by atoms with van der Waals surface area (Å²) in [5, 5.41) is 0. The van der Waals surface area contributed by atoms with Crippen molar-refractivity contribution in [2.24, 2.45) is 5.92 Å². The van der Waals surface area contributed by atoms with Gasteiger partial charge in [0.1, 0.15) is 3.23 Å². The molecule has 2 rings (SSSR count). The second-order valence-corrected chi connectivity index (χ2v) is 7.65. The fourth-order valence-corrected chi connectivity index (χ4v) is 3.18. The molecule has 2 atom stereocenters. The van der Waals surface area contributed by atoms with Crippen molar-refractivity contribution in [3.05, 3.63) is 23.8 Å². The third kappa shape index (κ3) is 2.66. The summed E-state index contributed by atoms with van der Waals surface area (Å²) in [6.07, 6.45) is -1.35. The number of halogens is 5. The number of ketones is 1. The van der Waals surface area contributed by atoms with Crippen LogP contribution in [0.2, 0.25) is 0 Å². The molecule has 1 fully saturated rings. The van der Waals surface area contributed by atoms with Crippen molar-refractivity contribution in [2.75, 3.05) is 0 Å². The second kappa shape index (κ2) is 4.20. The molecule has 0 aromatic carbocycles. The Bertz CT molecular complexity index is 412. The second-order valence-electron chi connectivity index (χ2n) is 3.88. The molecule has 0 aliphatic heterocycles. The lowest BCUT2D eigenvalue weighted by Gasteiger charge is -2.24. The summed E-state index contributed by atoms with van der Waals surface area (Å²) >= 11 is 6.33. The summed E-state index contributed by atoms with van der Waals surface area (Å²) < 4.78 is 39.6. The standard InChI is InChI=1S/C10H7Br2F3O2/c11-9(12)4-6-5(8(9)16)2-1-3-7(6)17-10(13,14)15/h1-3,6-7H,4H2. The Kier molecular flexibility index (Phi) is 3.29. The van der Waals surface area contributed by atoms with Gasteiger partial charge in [0, 0.05) is 11.5 Å². The largest absolute Gasteiger partial charge is 0.523 e. The van der Waals surface area contributed by atoms with Crippen LogP contribution in [0.25, 0.3) is 0 Å². The first-order valence-electron chi connectivity index (χ1n) is 4.76. The minimum absolute atomic E-state index is 0.225. The molecule has 0 spiro atoms. The predicted octanol–water partition coefficient (Wildman–Crippen LogP) is 3.46. The molecule has 0 saturated heterocycles. The normalized spacial score (nSPS) is 31.4. The van der Waals surface area contributed by atoms with E-state index in [1.54, 1.807) is 0 Å². The molecule has 0 N–H and O–H groups in total. The average Bonchev–Trinajstić information content (AvgIpc) is 2.38. The first-order valence-corrected chi connectivity index (χ1v) is 6.35. The van der Waals surface area contributed by atoms with E-state index >= 15 is 0 Å². The van der Waals surface area contributed by atoms with E-state index in [9.17, 15) is 18.0 Å². The Morgan fingerprint density at radius 2 is 2.06 bits per heavy atom. The maximum atomic E-state index is 12.2. The zero-order valence-corrected chi connectivity index (χ0v) is 11.5. The van der Waals surface area contributed by atoms with Crippen LogP contribution in [0.4, 0.5) is 13.2 Å². The lowest BCUT2D eigenvalue weighted by Crippen LogP contribution is -2.30. The van der Waals surface area contributed by atoms with E-state index in [0.29, 0.717) is 5.57 Å². The van der Waals surface area contributed by atoms with Crippen LogP contribution >= 0.6 is 31.9 Å². The molecule has 7 heteroatoms. The predicted molar refractivity (Wildman–Crippen MR) is 61.9 cm³/mol. The van der Waals surface area contributed by atoms with E-state index in [0.717, 1.165) is 0 Å². The molecule has 1 saturated carbocycles. The highest BCUT2D eigenvalue weighted by molar-refractivity contribution is 9.26. The smallest absolute Gasteiger partial charge is 0.292 e. The molecule has 0 radical (unpaired) electrons. The number of hydrogen-bond acceptors (Lipinski definition) is 2. The molecule has 2 aliphatic carbocycles. The van der Waals surface area contributed by atoms with E-state index in [4.69, 9.17) is 0 Å². The van der Waals surface area contributed by atoms with Crippen molar-refractivity contribution in [1.82, 2.24) is 0 Å². The van der Waals surface area contributed by atoms with Crippen LogP contribution in [0.5, 0.6) is 0 Å². The Labute approximate surface area is 112 Å². The third-order valence-corrected chi connectivity index (χ3v) is 4.08. The SMILES string of the molecule is O=C1C2=CC=CC(OC(F)(F)F)C2CC1(Br)Br. The lowest BCUT2D eigenvalue weighted by atomic mass is 9.91. The summed E-state index contributed by atoms with van der Waals surface area (Å²) in [4.78, 5) is 11.8. The zero-order chi connectivity index (χ0) is 12.8.